The Morgan fingerprint density at radius 1 is 1.03 bits per heavy atom. The van der Waals surface area contributed by atoms with Crippen molar-refractivity contribution in [3.8, 4) is 11.4 Å². The maximum atomic E-state index is 13.0. The second-order valence-corrected chi connectivity index (χ2v) is 7.68. The molecule has 0 N–H and O–H groups in total. The summed E-state index contributed by atoms with van der Waals surface area (Å²) in [5, 5.41) is 4.76. The van der Waals surface area contributed by atoms with Crippen LogP contribution in [0.15, 0.2) is 54.6 Å². The molecule has 150 valence electrons. The minimum atomic E-state index is 0.0458. The molecule has 0 radical (unpaired) electrons. The van der Waals surface area contributed by atoms with Crippen LogP contribution in [-0.2, 0) is 0 Å². The van der Waals surface area contributed by atoms with Crippen molar-refractivity contribution in [3.05, 3.63) is 77.1 Å². The Labute approximate surface area is 171 Å². The van der Waals surface area contributed by atoms with E-state index in [-0.39, 0.29) is 5.91 Å². The molecule has 29 heavy (non-hydrogen) atoms. The number of hydrogen-bond acceptors (Lipinski definition) is 3. The van der Waals surface area contributed by atoms with Crippen molar-refractivity contribution in [1.29, 1.82) is 0 Å². The van der Waals surface area contributed by atoms with E-state index < -0.39 is 0 Å². The Morgan fingerprint density at radius 3 is 2.45 bits per heavy atom. The number of benzene rings is 2. The normalized spacial score (nSPS) is 14.8. The minimum Gasteiger partial charge on any atom is -0.496 e. The zero-order valence-corrected chi connectivity index (χ0v) is 17.3. The van der Waals surface area contributed by atoms with Crippen molar-refractivity contribution >= 4 is 5.91 Å². The van der Waals surface area contributed by atoms with Crippen LogP contribution in [0.25, 0.3) is 5.69 Å². The quantitative estimate of drug-likeness (QED) is 0.659. The van der Waals surface area contributed by atoms with Gasteiger partial charge in [-0.2, -0.15) is 5.10 Å². The molecule has 1 amide bonds. The number of rotatable bonds is 4. The van der Waals surface area contributed by atoms with Gasteiger partial charge in [0.05, 0.1) is 24.1 Å². The largest absolute Gasteiger partial charge is 0.496 e. The number of amides is 1. The molecule has 1 saturated heterocycles. The van der Waals surface area contributed by atoms with Crippen molar-refractivity contribution in [1.82, 2.24) is 14.7 Å². The molecule has 0 aliphatic carbocycles. The van der Waals surface area contributed by atoms with Crippen molar-refractivity contribution < 1.29 is 9.53 Å². The van der Waals surface area contributed by atoms with Crippen LogP contribution in [0.2, 0.25) is 0 Å². The van der Waals surface area contributed by atoms with Crippen LogP contribution < -0.4 is 4.74 Å². The van der Waals surface area contributed by atoms with Gasteiger partial charge in [0, 0.05) is 24.7 Å². The zero-order chi connectivity index (χ0) is 20.4. The van der Waals surface area contributed by atoms with E-state index in [0.29, 0.717) is 17.2 Å². The lowest BCUT2D eigenvalue weighted by Crippen LogP contribution is -2.38. The molecule has 1 aliphatic heterocycles. The van der Waals surface area contributed by atoms with Crippen LogP contribution in [0.1, 0.15) is 46.1 Å². The van der Waals surface area contributed by atoms with Gasteiger partial charge in [-0.15, -0.1) is 0 Å². The summed E-state index contributed by atoms with van der Waals surface area (Å²) in [5.74, 6) is 1.06. The Balaban J connectivity index is 1.52. The second-order valence-electron chi connectivity index (χ2n) is 7.68. The molecule has 0 spiro atoms. The molecule has 2 heterocycles. The standard InChI is InChI=1S/C24H27N3O2/c1-17-8-4-6-10-21(17)27-22(16-18(2)25-27)19-12-14-26(15-13-19)24(28)20-9-5-7-11-23(20)29-3/h4-11,16,19H,12-15H2,1-3H3. The van der Waals surface area contributed by atoms with Gasteiger partial charge in [0.15, 0.2) is 0 Å². The highest BCUT2D eigenvalue weighted by atomic mass is 16.5. The van der Waals surface area contributed by atoms with Crippen LogP contribution in [0.4, 0.5) is 0 Å². The highest BCUT2D eigenvalue weighted by molar-refractivity contribution is 5.97. The van der Waals surface area contributed by atoms with Crippen LogP contribution >= 0.6 is 0 Å². The van der Waals surface area contributed by atoms with Gasteiger partial charge in [0.2, 0.25) is 0 Å². The number of nitrogens with zero attached hydrogens (tertiary/aromatic N) is 3. The third-order valence-corrected chi connectivity index (χ3v) is 5.74. The number of para-hydroxylation sites is 2. The fourth-order valence-electron chi connectivity index (χ4n) is 4.17. The lowest BCUT2D eigenvalue weighted by molar-refractivity contribution is 0.0708. The predicted octanol–water partition coefficient (Wildman–Crippen LogP) is 4.52. The molecular weight excluding hydrogens is 362 g/mol. The number of methoxy groups -OCH3 is 1. The first-order valence-electron chi connectivity index (χ1n) is 10.1. The summed E-state index contributed by atoms with van der Waals surface area (Å²) in [6, 6.07) is 18.0. The fourth-order valence-corrected chi connectivity index (χ4v) is 4.17. The molecule has 5 heteroatoms. The van der Waals surface area contributed by atoms with E-state index >= 15 is 0 Å². The average molecular weight is 389 g/mol. The van der Waals surface area contributed by atoms with E-state index in [1.54, 1.807) is 7.11 Å². The van der Waals surface area contributed by atoms with E-state index in [0.717, 1.165) is 37.3 Å². The number of aryl methyl sites for hydroxylation is 2. The second kappa shape index (κ2) is 8.11. The van der Waals surface area contributed by atoms with E-state index in [2.05, 4.69) is 41.9 Å². The van der Waals surface area contributed by atoms with Gasteiger partial charge in [-0.05, 0) is 56.5 Å². The van der Waals surface area contributed by atoms with Gasteiger partial charge in [0.1, 0.15) is 5.75 Å². The number of likely N-dealkylation sites (tertiary alicyclic amines) is 1. The summed E-state index contributed by atoms with van der Waals surface area (Å²) in [6.07, 6.45) is 1.86. The third kappa shape index (κ3) is 3.77. The smallest absolute Gasteiger partial charge is 0.257 e. The lowest BCUT2D eigenvalue weighted by atomic mass is 9.92. The van der Waals surface area contributed by atoms with E-state index in [1.165, 1.54) is 11.3 Å². The molecule has 1 aliphatic rings. The monoisotopic (exact) mass is 389 g/mol. The van der Waals surface area contributed by atoms with Crippen molar-refractivity contribution in [2.75, 3.05) is 20.2 Å². The minimum absolute atomic E-state index is 0.0458. The van der Waals surface area contributed by atoms with E-state index in [4.69, 9.17) is 9.84 Å². The maximum Gasteiger partial charge on any atom is 0.257 e. The third-order valence-electron chi connectivity index (χ3n) is 5.74. The SMILES string of the molecule is COc1ccccc1C(=O)N1CCC(c2cc(C)nn2-c2ccccc2C)CC1. The van der Waals surface area contributed by atoms with Gasteiger partial charge in [-0.1, -0.05) is 30.3 Å². The van der Waals surface area contributed by atoms with Crippen LogP contribution in [0.5, 0.6) is 5.75 Å². The van der Waals surface area contributed by atoms with Gasteiger partial charge in [-0.25, -0.2) is 4.68 Å². The number of piperidine rings is 1. The number of carbonyl (C=O) groups excluding carboxylic acids is 1. The van der Waals surface area contributed by atoms with Crippen LogP contribution in [0, 0.1) is 13.8 Å². The first-order valence-corrected chi connectivity index (χ1v) is 10.1. The average Bonchev–Trinajstić information content (AvgIpc) is 3.15. The summed E-state index contributed by atoms with van der Waals surface area (Å²) in [6.45, 7) is 5.63. The van der Waals surface area contributed by atoms with Crippen molar-refractivity contribution in [3.63, 3.8) is 0 Å². The number of ether oxygens (including phenoxy) is 1. The number of carbonyl (C=O) groups is 1. The van der Waals surface area contributed by atoms with Crippen molar-refractivity contribution in [2.24, 2.45) is 0 Å². The fraction of sp³-hybridized carbons (Fsp3) is 0.333. The van der Waals surface area contributed by atoms with Crippen molar-refractivity contribution in [2.45, 2.75) is 32.6 Å². The molecule has 3 aromatic rings. The maximum absolute atomic E-state index is 13.0. The van der Waals surface area contributed by atoms with Gasteiger partial charge < -0.3 is 9.64 Å². The highest BCUT2D eigenvalue weighted by Gasteiger charge is 2.28. The molecule has 5 nitrogen and oxygen atoms in total. The Kier molecular flexibility index (Phi) is 5.38. The molecule has 0 saturated carbocycles. The summed E-state index contributed by atoms with van der Waals surface area (Å²) < 4.78 is 7.46. The molecule has 0 unspecified atom stereocenters. The van der Waals surface area contributed by atoms with Gasteiger partial charge >= 0.3 is 0 Å². The van der Waals surface area contributed by atoms with E-state index in [9.17, 15) is 4.79 Å². The highest BCUT2D eigenvalue weighted by Crippen LogP contribution is 2.32. The summed E-state index contributed by atoms with van der Waals surface area (Å²) in [4.78, 5) is 14.9. The molecule has 1 fully saturated rings. The topological polar surface area (TPSA) is 47.4 Å². The van der Waals surface area contributed by atoms with Gasteiger partial charge in [-0.3, -0.25) is 4.79 Å². The van der Waals surface area contributed by atoms with Crippen LogP contribution in [0.3, 0.4) is 0 Å². The molecule has 2 aromatic carbocycles. The molecule has 4 rings (SSSR count). The predicted molar refractivity (Wildman–Crippen MR) is 114 cm³/mol. The molecule has 0 atom stereocenters. The molecule has 0 bridgehead atoms. The Hall–Kier alpha value is -3.08. The van der Waals surface area contributed by atoms with Gasteiger partial charge in [0.25, 0.3) is 5.91 Å². The van der Waals surface area contributed by atoms with E-state index in [1.807, 2.05) is 36.1 Å². The molecular formula is C24H27N3O2. The first-order chi connectivity index (χ1) is 14.1. The zero-order valence-electron chi connectivity index (χ0n) is 17.3. The summed E-state index contributed by atoms with van der Waals surface area (Å²) >= 11 is 0. The Bertz CT molecular complexity index is 1020. The number of hydrogen-bond donors (Lipinski definition) is 0. The number of aromatic nitrogens is 2. The lowest BCUT2D eigenvalue weighted by Gasteiger charge is -2.32. The van der Waals surface area contributed by atoms with Crippen LogP contribution in [-0.4, -0.2) is 40.8 Å². The summed E-state index contributed by atoms with van der Waals surface area (Å²) in [5.41, 5.74) is 5.23. The summed E-state index contributed by atoms with van der Waals surface area (Å²) in [7, 11) is 1.60. The molecule has 1 aromatic heterocycles. The Morgan fingerprint density at radius 2 is 1.72 bits per heavy atom. The first kappa shape index (κ1) is 19.2.